The molecule has 0 spiro atoms. The number of nitrogens with one attached hydrogen (secondary N) is 2. The number of amides is 1. The second-order valence-electron chi connectivity index (χ2n) is 6.73. The minimum absolute atomic E-state index is 0.0400. The Kier molecular flexibility index (Phi) is 4.74. The van der Waals surface area contributed by atoms with Gasteiger partial charge in [0.25, 0.3) is 5.91 Å². The van der Waals surface area contributed by atoms with Gasteiger partial charge in [-0.1, -0.05) is 0 Å². The normalized spacial score (nSPS) is 17.5. The van der Waals surface area contributed by atoms with Gasteiger partial charge in [0, 0.05) is 11.9 Å². The number of fused-ring (bicyclic) bond motifs is 1. The molecule has 1 aliphatic heterocycles. The number of nitrogens with zero attached hydrogens (tertiary/aromatic N) is 2. The van der Waals surface area contributed by atoms with E-state index in [1.807, 2.05) is 13.0 Å². The second kappa shape index (κ2) is 7.17. The number of aromatic nitrogens is 2. The van der Waals surface area contributed by atoms with Gasteiger partial charge in [-0.2, -0.15) is 5.10 Å². The Morgan fingerprint density at radius 3 is 2.96 bits per heavy atom. The molecular formula is C19H21FN4OS. The summed E-state index contributed by atoms with van der Waals surface area (Å²) in [6, 6.07) is 8.11. The first-order chi connectivity index (χ1) is 12.6. The maximum absolute atomic E-state index is 13.2. The summed E-state index contributed by atoms with van der Waals surface area (Å²) in [6.07, 6.45) is 2.31. The minimum Gasteiger partial charge on any atom is -0.351 e. The van der Waals surface area contributed by atoms with Crippen LogP contribution in [0.15, 0.2) is 30.3 Å². The number of piperidine rings is 1. The summed E-state index contributed by atoms with van der Waals surface area (Å²) in [4.78, 5) is 14.1. The van der Waals surface area contributed by atoms with E-state index in [9.17, 15) is 9.18 Å². The lowest BCUT2D eigenvalue weighted by Gasteiger charge is -2.22. The summed E-state index contributed by atoms with van der Waals surface area (Å²) in [6.45, 7) is 4.65. The fraction of sp³-hybridized carbons (Fsp3) is 0.368. The molecule has 0 aliphatic carbocycles. The number of rotatable bonds is 4. The average molecular weight is 372 g/mol. The van der Waals surface area contributed by atoms with E-state index in [1.165, 1.54) is 23.5 Å². The van der Waals surface area contributed by atoms with Crippen LogP contribution in [0, 0.1) is 18.7 Å². The van der Waals surface area contributed by atoms with E-state index < -0.39 is 0 Å². The van der Waals surface area contributed by atoms with Crippen molar-refractivity contribution in [2.75, 3.05) is 19.6 Å². The SMILES string of the molecule is Cc1nn(-c2ccc(F)cc2)c2sc(C(=O)NCC3CCCNC3)cc12. The van der Waals surface area contributed by atoms with Crippen molar-refractivity contribution in [1.29, 1.82) is 0 Å². The standard InChI is InChI=1S/C19H21FN4OS/c1-12-16-9-17(18(25)22-11-13-3-2-8-21-10-13)26-19(16)24(23-12)15-6-4-14(20)5-7-15/h4-7,9,13,21H,2-3,8,10-11H2,1H3,(H,22,25). The summed E-state index contributed by atoms with van der Waals surface area (Å²) < 4.78 is 15.0. The Labute approximate surface area is 155 Å². The first-order valence-electron chi connectivity index (χ1n) is 8.86. The van der Waals surface area contributed by atoms with E-state index >= 15 is 0 Å². The number of carbonyl (C=O) groups is 1. The molecule has 0 bridgehead atoms. The third-order valence-electron chi connectivity index (χ3n) is 4.79. The van der Waals surface area contributed by atoms with Gasteiger partial charge in [0.05, 0.1) is 16.3 Å². The molecule has 1 aliphatic rings. The fourth-order valence-electron chi connectivity index (χ4n) is 3.34. The Morgan fingerprint density at radius 2 is 2.23 bits per heavy atom. The molecule has 0 radical (unpaired) electrons. The second-order valence-corrected chi connectivity index (χ2v) is 7.76. The van der Waals surface area contributed by atoms with Gasteiger partial charge in [0.15, 0.2) is 0 Å². The van der Waals surface area contributed by atoms with Crippen LogP contribution in [0.2, 0.25) is 0 Å². The molecule has 136 valence electrons. The number of thiophene rings is 1. The largest absolute Gasteiger partial charge is 0.351 e. The third-order valence-corrected chi connectivity index (χ3v) is 5.90. The number of hydrogen-bond acceptors (Lipinski definition) is 4. The van der Waals surface area contributed by atoms with Crippen molar-refractivity contribution in [3.63, 3.8) is 0 Å². The van der Waals surface area contributed by atoms with Crippen molar-refractivity contribution < 1.29 is 9.18 Å². The Hall–Kier alpha value is -2.25. The van der Waals surface area contributed by atoms with Gasteiger partial charge in [-0.25, -0.2) is 9.07 Å². The molecule has 1 amide bonds. The van der Waals surface area contributed by atoms with Gasteiger partial charge in [-0.3, -0.25) is 4.79 Å². The quantitative estimate of drug-likeness (QED) is 0.739. The van der Waals surface area contributed by atoms with Crippen molar-refractivity contribution in [2.24, 2.45) is 5.92 Å². The van der Waals surface area contributed by atoms with Crippen molar-refractivity contribution >= 4 is 27.5 Å². The van der Waals surface area contributed by atoms with Crippen LogP contribution >= 0.6 is 11.3 Å². The highest BCUT2D eigenvalue weighted by Gasteiger charge is 2.19. The highest BCUT2D eigenvalue weighted by Crippen LogP contribution is 2.30. The molecule has 2 N–H and O–H groups in total. The van der Waals surface area contributed by atoms with E-state index in [1.54, 1.807) is 16.8 Å². The molecule has 1 unspecified atom stereocenters. The van der Waals surface area contributed by atoms with Crippen LogP contribution in [-0.2, 0) is 0 Å². The summed E-state index contributed by atoms with van der Waals surface area (Å²) in [5.74, 6) is 0.178. The van der Waals surface area contributed by atoms with Crippen LogP contribution in [0.25, 0.3) is 15.9 Å². The molecule has 1 aromatic carbocycles. The summed E-state index contributed by atoms with van der Waals surface area (Å²) in [5, 5.41) is 11.9. The van der Waals surface area contributed by atoms with Gasteiger partial charge in [0.2, 0.25) is 0 Å². The molecule has 3 heterocycles. The van der Waals surface area contributed by atoms with Crippen LogP contribution in [-0.4, -0.2) is 35.3 Å². The van der Waals surface area contributed by atoms with Crippen molar-refractivity contribution in [1.82, 2.24) is 20.4 Å². The lowest BCUT2D eigenvalue weighted by Crippen LogP contribution is -2.37. The van der Waals surface area contributed by atoms with Gasteiger partial charge >= 0.3 is 0 Å². The van der Waals surface area contributed by atoms with Crippen LogP contribution in [0.3, 0.4) is 0 Å². The van der Waals surface area contributed by atoms with E-state index in [4.69, 9.17) is 0 Å². The Bertz CT molecular complexity index is 925. The molecular weight excluding hydrogens is 351 g/mol. The zero-order valence-corrected chi connectivity index (χ0v) is 15.4. The Balaban J connectivity index is 1.56. The molecule has 4 rings (SSSR count). The zero-order chi connectivity index (χ0) is 18.1. The fourth-order valence-corrected chi connectivity index (χ4v) is 4.44. The number of benzene rings is 1. The number of carbonyl (C=O) groups excluding carboxylic acids is 1. The van der Waals surface area contributed by atoms with Crippen LogP contribution in [0.4, 0.5) is 4.39 Å². The first kappa shape index (κ1) is 17.2. The van der Waals surface area contributed by atoms with Gasteiger partial charge in [-0.05, 0) is 69.1 Å². The molecule has 3 aromatic rings. The zero-order valence-electron chi connectivity index (χ0n) is 14.6. The predicted molar refractivity (Wildman–Crippen MR) is 102 cm³/mol. The van der Waals surface area contributed by atoms with Gasteiger partial charge in [-0.15, -0.1) is 11.3 Å². The smallest absolute Gasteiger partial charge is 0.261 e. The molecule has 1 fully saturated rings. The number of halogens is 1. The predicted octanol–water partition coefficient (Wildman–Crippen LogP) is 3.26. The highest BCUT2D eigenvalue weighted by atomic mass is 32.1. The molecule has 1 saturated heterocycles. The molecule has 5 nitrogen and oxygen atoms in total. The van der Waals surface area contributed by atoms with Gasteiger partial charge < -0.3 is 10.6 Å². The number of aryl methyl sites for hydroxylation is 1. The average Bonchev–Trinajstić information content (AvgIpc) is 3.22. The molecule has 2 aromatic heterocycles. The molecule has 0 saturated carbocycles. The maximum Gasteiger partial charge on any atom is 0.261 e. The molecule has 7 heteroatoms. The lowest BCUT2D eigenvalue weighted by molar-refractivity contribution is 0.0949. The first-order valence-corrected chi connectivity index (χ1v) is 9.67. The van der Waals surface area contributed by atoms with E-state index in [2.05, 4.69) is 15.7 Å². The minimum atomic E-state index is -0.280. The van der Waals surface area contributed by atoms with Crippen LogP contribution in [0.5, 0.6) is 0 Å². The van der Waals surface area contributed by atoms with Crippen molar-refractivity contribution in [2.45, 2.75) is 19.8 Å². The van der Waals surface area contributed by atoms with E-state index in [0.29, 0.717) is 17.3 Å². The summed E-state index contributed by atoms with van der Waals surface area (Å²) in [5.41, 5.74) is 1.64. The third kappa shape index (κ3) is 3.37. The maximum atomic E-state index is 13.2. The summed E-state index contributed by atoms with van der Waals surface area (Å²) in [7, 11) is 0. The topological polar surface area (TPSA) is 59.0 Å². The summed E-state index contributed by atoms with van der Waals surface area (Å²) >= 11 is 1.42. The van der Waals surface area contributed by atoms with Crippen molar-refractivity contribution in [3.8, 4) is 5.69 Å². The van der Waals surface area contributed by atoms with Crippen LogP contribution in [0.1, 0.15) is 28.2 Å². The number of hydrogen-bond donors (Lipinski definition) is 2. The Morgan fingerprint density at radius 1 is 1.42 bits per heavy atom. The van der Waals surface area contributed by atoms with E-state index in [0.717, 1.165) is 47.5 Å². The van der Waals surface area contributed by atoms with Crippen LogP contribution < -0.4 is 10.6 Å². The van der Waals surface area contributed by atoms with Crippen molar-refractivity contribution in [3.05, 3.63) is 46.7 Å². The highest BCUT2D eigenvalue weighted by molar-refractivity contribution is 7.20. The molecule has 1 atom stereocenters. The molecule has 26 heavy (non-hydrogen) atoms. The van der Waals surface area contributed by atoms with E-state index in [-0.39, 0.29) is 11.7 Å². The monoisotopic (exact) mass is 372 g/mol. The van der Waals surface area contributed by atoms with Gasteiger partial charge in [0.1, 0.15) is 10.6 Å². The lowest BCUT2D eigenvalue weighted by atomic mass is 10.00.